The molecule has 2 nitrogen and oxygen atoms in total. The van der Waals surface area contributed by atoms with Gasteiger partial charge in [0.25, 0.3) is 0 Å². The van der Waals surface area contributed by atoms with E-state index in [-0.39, 0.29) is 0 Å². The van der Waals surface area contributed by atoms with Crippen LogP contribution < -0.4 is 0 Å². The van der Waals surface area contributed by atoms with E-state index in [0.717, 1.165) is 16.6 Å². The van der Waals surface area contributed by atoms with E-state index in [4.69, 9.17) is 11.6 Å². The Hall–Kier alpha value is -0.800. The molecule has 0 saturated heterocycles. The van der Waals surface area contributed by atoms with Gasteiger partial charge in [-0.2, -0.15) is 5.10 Å². The van der Waals surface area contributed by atoms with Crippen LogP contribution in [0.1, 0.15) is 5.56 Å². The van der Waals surface area contributed by atoms with E-state index in [0.29, 0.717) is 5.02 Å². The van der Waals surface area contributed by atoms with Crippen LogP contribution in [-0.4, -0.2) is 9.78 Å². The Kier molecular flexibility index (Phi) is 2.89. The summed E-state index contributed by atoms with van der Waals surface area (Å²) in [6.07, 6.45) is 3.77. The van der Waals surface area contributed by atoms with Crippen molar-refractivity contribution < 1.29 is 0 Å². The summed E-state index contributed by atoms with van der Waals surface area (Å²) in [6, 6.07) is 7.64. The number of halogens is 2. The van der Waals surface area contributed by atoms with Crippen LogP contribution in [0, 0.1) is 0 Å². The molecule has 0 fully saturated rings. The van der Waals surface area contributed by atoms with E-state index in [2.05, 4.69) is 21.0 Å². The molecule has 0 amide bonds. The summed E-state index contributed by atoms with van der Waals surface area (Å²) in [5, 5.41) is 5.73. The predicted octanol–water partition coefficient (Wildman–Crippen LogP) is 3.42. The number of hydrogen-bond donors (Lipinski definition) is 0. The van der Waals surface area contributed by atoms with Crippen molar-refractivity contribution in [1.29, 1.82) is 0 Å². The molecule has 1 heterocycles. The monoisotopic (exact) mass is 270 g/mol. The standard InChI is InChI=1S/C10H8BrClN2/c11-5-8-6-13-14(7-8)10-4-2-1-3-9(10)12/h1-4,6-7H,5H2. The van der Waals surface area contributed by atoms with Crippen molar-refractivity contribution in [2.75, 3.05) is 0 Å². The number of nitrogens with zero attached hydrogens (tertiary/aromatic N) is 2. The number of rotatable bonds is 2. The van der Waals surface area contributed by atoms with Gasteiger partial charge in [0, 0.05) is 17.1 Å². The second kappa shape index (κ2) is 4.15. The van der Waals surface area contributed by atoms with E-state index in [1.165, 1.54) is 0 Å². The van der Waals surface area contributed by atoms with Crippen molar-refractivity contribution in [1.82, 2.24) is 9.78 Å². The summed E-state index contributed by atoms with van der Waals surface area (Å²) in [6.45, 7) is 0. The number of aromatic nitrogens is 2. The van der Waals surface area contributed by atoms with E-state index >= 15 is 0 Å². The molecule has 0 aliphatic heterocycles. The lowest BCUT2D eigenvalue weighted by Gasteiger charge is -2.02. The molecular weight excluding hydrogens is 263 g/mol. The molecule has 4 heteroatoms. The van der Waals surface area contributed by atoms with Gasteiger partial charge in [0.05, 0.1) is 16.9 Å². The number of hydrogen-bond acceptors (Lipinski definition) is 1. The van der Waals surface area contributed by atoms with E-state index in [9.17, 15) is 0 Å². The van der Waals surface area contributed by atoms with Crippen LogP contribution in [0.15, 0.2) is 36.7 Å². The lowest BCUT2D eigenvalue weighted by Crippen LogP contribution is -1.94. The molecule has 1 aromatic heterocycles. The minimum atomic E-state index is 0.705. The SMILES string of the molecule is Clc1ccccc1-n1cc(CBr)cn1. The molecule has 0 aliphatic rings. The number of alkyl halides is 1. The van der Waals surface area contributed by atoms with Crippen molar-refractivity contribution in [2.24, 2.45) is 0 Å². The van der Waals surface area contributed by atoms with Crippen molar-refractivity contribution >= 4 is 27.5 Å². The fraction of sp³-hybridized carbons (Fsp3) is 0.100. The Morgan fingerprint density at radius 3 is 2.79 bits per heavy atom. The Morgan fingerprint density at radius 1 is 1.36 bits per heavy atom. The highest BCUT2D eigenvalue weighted by atomic mass is 79.9. The van der Waals surface area contributed by atoms with Crippen LogP contribution in [-0.2, 0) is 5.33 Å². The van der Waals surface area contributed by atoms with E-state index in [1.54, 1.807) is 4.68 Å². The quantitative estimate of drug-likeness (QED) is 0.765. The Bertz CT molecular complexity index is 439. The molecule has 14 heavy (non-hydrogen) atoms. The summed E-state index contributed by atoms with van der Waals surface area (Å²) in [5.74, 6) is 0. The molecule has 0 bridgehead atoms. The van der Waals surface area contributed by atoms with Gasteiger partial charge in [-0.25, -0.2) is 4.68 Å². The molecule has 0 aliphatic carbocycles. The zero-order valence-corrected chi connectivity index (χ0v) is 9.66. The molecule has 2 rings (SSSR count). The lowest BCUT2D eigenvalue weighted by atomic mass is 10.3. The summed E-state index contributed by atoms with van der Waals surface area (Å²) in [7, 11) is 0. The van der Waals surface area contributed by atoms with Gasteiger partial charge in [-0.3, -0.25) is 0 Å². The van der Waals surface area contributed by atoms with Gasteiger partial charge in [-0.1, -0.05) is 39.7 Å². The molecule has 72 valence electrons. The number of benzene rings is 1. The minimum Gasteiger partial charge on any atom is -0.239 e. The molecular formula is C10H8BrClN2. The Balaban J connectivity index is 2.44. The van der Waals surface area contributed by atoms with Gasteiger partial charge in [-0.15, -0.1) is 0 Å². The maximum atomic E-state index is 6.04. The maximum Gasteiger partial charge on any atom is 0.0831 e. The minimum absolute atomic E-state index is 0.705. The molecule has 0 N–H and O–H groups in total. The third-order valence-electron chi connectivity index (χ3n) is 1.89. The maximum absolute atomic E-state index is 6.04. The highest BCUT2D eigenvalue weighted by molar-refractivity contribution is 9.08. The van der Waals surface area contributed by atoms with Crippen molar-refractivity contribution in [3.05, 3.63) is 47.2 Å². The largest absolute Gasteiger partial charge is 0.239 e. The smallest absolute Gasteiger partial charge is 0.0831 e. The highest BCUT2D eigenvalue weighted by Gasteiger charge is 2.02. The fourth-order valence-electron chi connectivity index (χ4n) is 1.20. The average Bonchev–Trinajstić information content (AvgIpc) is 2.67. The first-order valence-corrected chi connectivity index (χ1v) is 5.65. The molecule has 2 aromatic rings. The molecule has 0 radical (unpaired) electrons. The molecule has 0 unspecified atom stereocenters. The summed E-state index contributed by atoms with van der Waals surface area (Å²) >= 11 is 9.41. The zero-order valence-electron chi connectivity index (χ0n) is 7.32. The highest BCUT2D eigenvalue weighted by Crippen LogP contribution is 2.19. The van der Waals surface area contributed by atoms with Crippen molar-refractivity contribution in [3.8, 4) is 5.69 Å². The average molecular weight is 272 g/mol. The first kappa shape index (κ1) is 9.74. The third kappa shape index (κ3) is 1.83. The topological polar surface area (TPSA) is 17.8 Å². The van der Waals surface area contributed by atoms with Crippen molar-refractivity contribution in [2.45, 2.75) is 5.33 Å². The summed E-state index contributed by atoms with van der Waals surface area (Å²) in [4.78, 5) is 0. The normalized spacial score (nSPS) is 10.4. The zero-order chi connectivity index (χ0) is 9.97. The molecule has 0 saturated carbocycles. The van der Waals surface area contributed by atoms with E-state index in [1.807, 2.05) is 36.7 Å². The second-order valence-electron chi connectivity index (χ2n) is 2.88. The fourth-order valence-corrected chi connectivity index (χ4v) is 1.71. The lowest BCUT2D eigenvalue weighted by molar-refractivity contribution is 0.880. The Labute approximate surface area is 95.6 Å². The van der Waals surface area contributed by atoms with Crippen LogP contribution in [0.25, 0.3) is 5.69 Å². The molecule has 0 spiro atoms. The predicted molar refractivity (Wildman–Crippen MR) is 61.2 cm³/mol. The van der Waals surface area contributed by atoms with Crippen LogP contribution in [0.2, 0.25) is 5.02 Å². The third-order valence-corrected chi connectivity index (χ3v) is 2.86. The number of para-hydroxylation sites is 1. The molecule has 0 atom stereocenters. The van der Waals surface area contributed by atoms with Crippen LogP contribution >= 0.6 is 27.5 Å². The van der Waals surface area contributed by atoms with Crippen LogP contribution in [0.5, 0.6) is 0 Å². The van der Waals surface area contributed by atoms with Gasteiger partial charge < -0.3 is 0 Å². The van der Waals surface area contributed by atoms with Gasteiger partial charge in [-0.05, 0) is 12.1 Å². The van der Waals surface area contributed by atoms with E-state index < -0.39 is 0 Å². The Morgan fingerprint density at radius 2 is 2.14 bits per heavy atom. The summed E-state index contributed by atoms with van der Waals surface area (Å²) in [5.41, 5.74) is 2.03. The first-order valence-electron chi connectivity index (χ1n) is 4.15. The molecule has 1 aromatic carbocycles. The second-order valence-corrected chi connectivity index (χ2v) is 3.85. The van der Waals surface area contributed by atoms with Gasteiger partial charge >= 0.3 is 0 Å². The van der Waals surface area contributed by atoms with Gasteiger partial charge in [0.15, 0.2) is 0 Å². The summed E-state index contributed by atoms with van der Waals surface area (Å²) < 4.78 is 1.78. The van der Waals surface area contributed by atoms with Crippen molar-refractivity contribution in [3.63, 3.8) is 0 Å². The first-order chi connectivity index (χ1) is 6.81. The van der Waals surface area contributed by atoms with Gasteiger partial charge in [0.1, 0.15) is 0 Å². The van der Waals surface area contributed by atoms with Crippen LogP contribution in [0.3, 0.4) is 0 Å². The van der Waals surface area contributed by atoms with Gasteiger partial charge in [0.2, 0.25) is 0 Å². The van der Waals surface area contributed by atoms with Crippen LogP contribution in [0.4, 0.5) is 0 Å².